The predicted octanol–water partition coefficient (Wildman–Crippen LogP) is 3.35. The van der Waals surface area contributed by atoms with E-state index < -0.39 is 0 Å². The van der Waals surface area contributed by atoms with Gasteiger partial charge in [-0.3, -0.25) is 9.69 Å². The highest BCUT2D eigenvalue weighted by Gasteiger charge is 2.20. The summed E-state index contributed by atoms with van der Waals surface area (Å²) in [6.45, 7) is 5.94. The maximum atomic E-state index is 12.4. The van der Waals surface area contributed by atoms with Crippen molar-refractivity contribution in [3.8, 4) is 5.75 Å². The van der Waals surface area contributed by atoms with E-state index in [0.717, 1.165) is 37.5 Å². The number of hydrogen-bond acceptors (Lipinski definition) is 4. The summed E-state index contributed by atoms with van der Waals surface area (Å²) < 4.78 is 5.21. The van der Waals surface area contributed by atoms with Crippen LogP contribution >= 0.6 is 11.6 Å². The lowest BCUT2D eigenvalue weighted by Gasteiger charge is -2.36. The van der Waals surface area contributed by atoms with E-state index in [1.54, 1.807) is 7.11 Å². The molecule has 1 unspecified atom stereocenters. The van der Waals surface area contributed by atoms with Crippen molar-refractivity contribution in [1.29, 1.82) is 0 Å². The molecule has 1 atom stereocenters. The molecule has 5 nitrogen and oxygen atoms in total. The normalized spacial score (nSPS) is 16.0. The van der Waals surface area contributed by atoms with Crippen LogP contribution in [0, 0.1) is 0 Å². The maximum absolute atomic E-state index is 12.4. The first-order valence-electron chi connectivity index (χ1n) is 9.21. The monoisotopic (exact) mass is 387 g/mol. The predicted molar refractivity (Wildman–Crippen MR) is 110 cm³/mol. The number of amides is 1. The molecule has 1 aliphatic rings. The third-order valence-electron chi connectivity index (χ3n) is 4.90. The molecule has 1 heterocycles. The number of carbonyl (C=O) groups excluding carboxylic acids is 1. The van der Waals surface area contributed by atoms with E-state index in [0.29, 0.717) is 11.6 Å². The van der Waals surface area contributed by atoms with Crippen LogP contribution in [0.25, 0.3) is 0 Å². The molecule has 1 aliphatic heterocycles. The Kier molecular flexibility index (Phi) is 6.58. The minimum absolute atomic E-state index is 0.0420. The van der Waals surface area contributed by atoms with Gasteiger partial charge in [-0.05, 0) is 48.9 Å². The second kappa shape index (κ2) is 9.11. The second-order valence-electron chi connectivity index (χ2n) is 6.81. The minimum Gasteiger partial charge on any atom is -0.497 e. The zero-order chi connectivity index (χ0) is 19.2. The molecule has 1 saturated heterocycles. The zero-order valence-corrected chi connectivity index (χ0v) is 16.6. The summed E-state index contributed by atoms with van der Waals surface area (Å²) in [6, 6.07) is 15.7. The smallest absolute Gasteiger partial charge is 0.234 e. The van der Waals surface area contributed by atoms with Crippen molar-refractivity contribution in [3.05, 3.63) is 59.1 Å². The summed E-state index contributed by atoms with van der Waals surface area (Å²) in [5.41, 5.74) is 2.20. The molecule has 0 bridgehead atoms. The van der Waals surface area contributed by atoms with Crippen molar-refractivity contribution in [2.45, 2.75) is 13.0 Å². The number of rotatable bonds is 6. The van der Waals surface area contributed by atoms with Crippen molar-refractivity contribution in [3.63, 3.8) is 0 Å². The molecule has 2 aromatic carbocycles. The topological polar surface area (TPSA) is 44.8 Å². The van der Waals surface area contributed by atoms with Gasteiger partial charge in [0.05, 0.1) is 19.7 Å². The zero-order valence-electron chi connectivity index (χ0n) is 15.8. The molecule has 0 aromatic heterocycles. The van der Waals surface area contributed by atoms with Gasteiger partial charge in [-0.1, -0.05) is 23.7 Å². The van der Waals surface area contributed by atoms with Crippen molar-refractivity contribution < 1.29 is 9.53 Å². The number of methoxy groups -OCH3 is 1. The lowest BCUT2D eigenvalue weighted by Crippen LogP contribution is -2.49. The van der Waals surface area contributed by atoms with Gasteiger partial charge >= 0.3 is 0 Å². The number of benzene rings is 2. The van der Waals surface area contributed by atoms with Crippen molar-refractivity contribution in [2.75, 3.05) is 44.7 Å². The Morgan fingerprint density at radius 1 is 1.15 bits per heavy atom. The molecule has 1 fully saturated rings. The number of nitrogens with zero attached hydrogens (tertiary/aromatic N) is 2. The standard InChI is InChI=1S/C21H26ClN3O2/c1-16(17-4-3-5-18(22)14-17)23-21(26)15-24-10-12-25(13-11-24)19-6-8-20(27-2)9-7-19/h3-9,14,16H,10-13,15H2,1-2H3,(H,23,26). The Bertz CT molecular complexity index is 758. The molecule has 6 heteroatoms. The van der Waals surface area contributed by atoms with E-state index >= 15 is 0 Å². The third-order valence-corrected chi connectivity index (χ3v) is 5.14. The van der Waals surface area contributed by atoms with Crippen LogP contribution in [0.5, 0.6) is 5.75 Å². The van der Waals surface area contributed by atoms with E-state index in [1.165, 1.54) is 5.69 Å². The van der Waals surface area contributed by atoms with Crippen LogP contribution in [-0.2, 0) is 4.79 Å². The van der Waals surface area contributed by atoms with Gasteiger partial charge in [-0.2, -0.15) is 0 Å². The number of piperazine rings is 1. The molecular weight excluding hydrogens is 362 g/mol. The highest BCUT2D eigenvalue weighted by Crippen LogP contribution is 2.21. The third kappa shape index (κ3) is 5.37. The number of hydrogen-bond donors (Lipinski definition) is 1. The molecule has 1 amide bonds. The van der Waals surface area contributed by atoms with Crippen LogP contribution in [-0.4, -0.2) is 50.6 Å². The van der Waals surface area contributed by atoms with Crippen molar-refractivity contribution >= 4 is 23.2 Å². The number of anilines is 1. The van der Waals surface area contributed by atoms with Gasteiger partial charge in [0, 0.05) is 36.9 Å². The SMILES string of the molecule is COc1ccc(N2CCN(CC(=O)NC(C)c3cccc(Cl)c3)CC2)cc1. The largest absolute Gasteiger partial charge is 0.497 e. The molecule has 1 N–H and O–H groups in total. The van der Waals surface area contributed by atoms with Crippen LogP contribution in [0.3, 0.4) is 0 Å². The molecule has 0 radical (unpaired) electrons. The van der Waals surface area contributed by atoms with Crippen molar-refractivity contribution in [1.82, 2.24) is 10.2 Å². The summed E-state index contributed by atoms with van der Waals surface area (Å²) in [7, 11) is 1.67. The fraction of sp³-hybridized carbons (Fsp3) is 0.381. The molecule has 0 saturated carbocycles. The Hall–Kier alpha value is -2.24. The van der Waals surface area contributed by atoms with Crippen LogP contribution in [0.4, 0.5) is 5.69 Å². The summed E-state index contributed by atoms with van der Waals surface area (Å²) in [5.74, 6) is 0.906. The van der Waals surface area contributed by atoms with Gasteiger partial charge in [-0.15, -0.1) is 0 Å². The van der Waals surface area contributed by atoms with E-state index in [9.17, 15) is 4.79 Å². The summed E-state index contributed by atoms with van der Waals surface area (Å²) >= 11 is 6.03. The Balaban J connectivity index is 1.46. The van der Waals surface area contributed by atoms with Gasteiger partial charge in [0.25, 0.3) is 0 Å². The average Bonchev–Trinajstić information content (AvgIpc) is 2.68. The highest BCUT2D eigenvalue weighted by atomic mass is 35.5. The van der Waals surface area contributed by atoms with Crippen molar-refractivity contribution in [2.24, 2.45) is 0 Å². The minimum atomic E-state index is -0.0585. The fourth-order valence-electron chi connectivity index (χ4n) is 3.31. The van der Waals surface area contributed by atoms with Gasteiger partial charge in [-0.25, -0.2) is 0 Å². The molecule has 3 rings (SSSR count). The van der Waals surface area contributed by atoms with Gasteiger partial charge in [0.2, 0.25) is 5.91 Å². The Morgan fingerprint density at radius 2 is 1.85 bits per heavy atom. The fourth-order valence-corrected chi connectivity index (χ4v) is 3.51. The molecular formula is C21H26ClN3O2. The van der Waals surface area contributed by atoms with E-state index in [4.69, 9.17) is 16.3 Å². The number of ether oxygens (including phenoxy) is 1. The van der Waals surface area contributed by atoms with Gasteiger partial charge < -0.3 is 15.0 Å². The molecule has 144 valence electrons. The van der Waals surface area contributed by atoms with E-state index in [1.807, 2.05) is 43.3 Å². The average molecular weight is 388 g/mol. The first kappa shape index (κ1) is 19.5. The first-order valence-corrected chi connectivity index (χ1v) is 9.59. The lowest BCUT2D eigenvalue weighted by molar-refractivity contribution is -0.123. The van der Waals surface area contributed by atoms with Gasteiger partial charge in [0.15, 0.2) is 0 Å². The number of nitrogens with one attached hydrogen (secondary N) is 1. The first-order chi connectivity index (χ1) is 13.0. The second-order valence-corrected chi connectivity index (χ2v) is 7.24. The molecule has 0 spiro atoms. The van der Waals surface area contributed by atoms with Crippen LogP contribution in [0.15, 0.2) is 48.5 Å². The number of carbonyl (C=O) groups is 1. The Labute approximate surface area is 165 Å². The summed E-state index contributed by atoms with van der Waals surface area (Å²) in [5, 5.41) is 3.74. The molecule has 0 aliphatic carbocycles. The quantitative estimate of drug-likeness (QED) is 0.825. The Morgan fingerprint density at radius 3 is 2.48 bits per heavy atom. The maximum Gasteiger partial charge on any atom is 0.234 e. The molecule has 27 heavy (non-hydrogen) atoms. The van der Waals surface area contributed by atoms with E-state index in [-0.39, 0.29) is 11.9 Å². The molecule has 2 aromatic rings. The van der Waals surface area contributed by atoms with Crippen LogP contribution in [0.1, 0.15) is 18.5 Å². The van der Waals surface area contributed by atoms with Crippen LogP contribution < -0.4 is 15.0 Å². The summed E-state index contributed by atoms with van der Waals surface area (Å²) in [4.78, 5) is 16.9. The van der Waals surface area contributed by atoms with Crippen LogP contribution in [0.2, 0.25) is 5.02 Å². The van der Waals surface area contributed by atoms with E-state index in [2.05, 4.69) is 27.2 Å². The number of halogens is 1. The summed E-state index contributed by atoms with van der Waals surface area (Å²) in [6.07, 6.45) is 0. The van der Waals surface area contributed by atoms with Gasteiger partial charge in [0.1, 0.15) is 5.75 Å². The lowest BCUT2D eigenvalue weighted by atomic mass is 10.1. The highest BCUT2D eigenvalue weighted by molar-refractivity contribution is 6.30.